The Labute approximate surface area is 154 Å². The first-order valence-corrected chi connectivity index (χ1v) is 10.4. The van der Waals surface area contributed by atoms with Gasteiger partial charge in [-0.2, -0.15) is 4.31 Å². The Morgan fingerprint density at radius 1 is 0.962 bits per heavy atom. The van der Waals surface area contributed by atoms with Crippen LogP contribution < -0.4 is 0 Å². The molecule has 0 bridgehead atoms. The summed E-state index contributed by atoms with van der Waals surface area (Å²) >= 11 is 0. The molecule has 2 heterocycles. The van der Waals surface area contributed by atoms with Crippen LogP contribution in [0.1, 0.15) is 0 Å². The highest BCUT2D eigenvalue weighted by molar-refractivity contribution is 7.89. The van der Waals surface area contributed by atoms with E-state index in [1.54, 1.807) is 0 Å². The smallest absolute Gasteiger partial charge is 0.243 e. The molecular weight excluding hydrogens is 361 g/mol. The first-order valence-electron chi connectivity index (χ1n) is 8.91. The van der Waals surface area contributed by atoms with Crippen molar-refractivity contribution in [3.63, 3.8) is 0 Å². The van der Waals surface area contributed by atoms with Crippen LogP contribution in [0.25, 0.3) is 0 Å². The molecule has 0 aliphatic carbocycles. The molecule has 9 heteroatoms. The summed E-state index contributed by atoms with van der Waals surface area (Å²) < 4.78 is 44.9. The number of piperazine rings is 1. The third kappa shape index (κ3) is 4.99. The monoisotopic (exact) mass is 387 g/mol. The minimum absolute atomic E-state index is 0.111. The highest BCUT2D eigenvalue weighted by atomic mass is 32.2. The predicted octanol–water partition coefficient (Wildman–Crippen LogP) is -0.175. The molecule has 0 radical (unpaired) electrons. The molecular formula is C17H26FN3O4S. The lowest BCUT2D eigenvalue weighted by atomic mass is 10.2. The van der Waals surface area contributed by atoms with Gasteiger partial charge in [0.1, 0.15) is 5.82 Å². The van der Waals surface area contributed by atoms with Crippen molar-refractivity contribution < 1.29 is 22.7 Å². The number of hydrogen-bond acceptors (Lipinski definition) is 6. The van der Waals surface area contributed by atoms with E-state index in [-0.39, 0.29) is 4.90 Å². The van der Waals surface area contributed by atoms with Crippen molar-refractivity contribution in [3.8, 4) is 0 Å². The van der Waals surface area contributed by atoms with Crippen LogP contribution >= 0.6 is 0 Å². The summed E-state index contributed by atoms with van der Waals surface area (Å²) in [6, 6.07) is 4.91. The van der Waals surface area contributed by atoms with Gasteiger partial charge in [-0.15, -0.1) is 0 Å². The Morgan fingerprint density at radius 3 is 2.08 bits per heavy atom. The minimum Gasteiger partial charge on any atom is -0.390 e. The lowest BCUT2D eigenvalue weighted by Crippen LogP contribution is -2.52. The van der Waals surface area contributed by atoms with Gasteiger partial charge in [0.15, 0.2) is 0 Å². The van der Waals surface area contributed by atoms with E-state index in [0.717, 1.165) is 25.2 Å². The molecule has 2 aliphatic rings. The molecule has 2 fully saturated rings. The predicted molar refractivity (Wildman–Crippen MR) is 94.9 cm³/mol. The van der Waals surface area contributed by atoms with E-state index >= 15 is 0 Å². The Kier molecular flexibility index (Phi) is 6.60. The number of ether oxygens (including phenoxy) is 1. The Balaban J connectivity index is 1.48. The number of aliphatic hydroxyl groups excluding tert-OH is 1. The van der Waals surface area contributed by atoms with Crippen LogP contribution in [0.15, 0.2) is 29.2 Å². The number of aliphatic hydroxyl groups is 1. The van der Waals surface area contributed by atoms with Crippen LogP contribution in [-0.2, 0) is 14.8 Å². The zero-order valence-electron chi connectivity index (χ0n) is 14.8. The second-order valence-electron chi connectivity index (χ2n) is 6.73. The van der Waals surface area contributed by atoms with Crippen molar-refractivity contribution >= 4 is 10.0 Å². The summed E-state index contributed by atoms with van der Waals surface area (Å²) in [5.74, 6) is -0.456. The summed E-state index contributed by atoms with van der Waals surface area (Å²) in [6.07, 6.45) is -0.464. The fraction of sp³-hybridized carbons (Fsp3) is 0.647. The number of hydrogen-bond donors (Lipinski definition) is 1. The number of morpholine rings is 1. The van der Waals surface area contributed by atoms with Crippen molar-refractivity contribution in [3.05, 3.63) is 30.1 Å². The van der Waals surface area contributed by atoms with Crippen molar-refractivity contribution in [1.29, 1.82) is 0 Å². The molecule has 0 amide bonds. The van der Waals surface area contributed by atoms with E-state index in [9.17, 15) is 17.9 Å². The van der Waals surface area contributed by atoms with Gasteiger partial charge in [-0.3, -0.25) is 9.80 Å². The summed E-state index contributed by atoms with van der Waals surface area (Å²) in [4.78, 5) is 4.38. The van der Waals surface area contributed by atoms with Crippen molar-refractivity contribution in [1.82, 2.24) is 14.1 Å². The van der Waals surface area contributed by atoms with Crippen LogP contribution in [-0.4, -0.2) is 99.3 Å². The quantitative estimate of drug-likeness (QED) is 0.731. The van der Waals surface area contributed by atoms with Gasteiger partial charge < -0.3 is 9.84 Å². The summed E-state index contributed by atoms with van der Waals surface area (Å²) in [7, 11) is -3.60. The Morgan fingerprint density at radius 2 is 1.50 bits per heavy atom. The van der Waals surface area contributed by atoms with E-state index < -0.39 is 21.9 Å². The second-order valence-corrected chi connectivity index (χ2v) is 8.66. The Bertz CT molecular complexity index is 672. The average Bonchev–Trinajstić information content (AvgIpc) is 2.63. The van der Waals surface area contributed by atoms with Crippen LogP contribution in [0.4, 0.5) is 4.39 Å². The molecule has 7 nitrogen and oxygen atoms in total. The minimum atomic E-state index is -3.60. The molecule has 0 saturated carbocycles. The van der Waals surface area contributed by atoms with Gasteiger partial charge in [0, 0.05) is 52.4 Å². The van der Waals surface area contributed by atoms with E-state index in [0.29, 0.717) is 52.5 Å². The van der Waals surface area contributed by atoms with Crippen molar-refractivity contribution in [2.75, 3.05) is 65.6 Å². The molecule has 1 unspecified atom stereocenters. The molecule has 2 aliphatic heterocycles. The van der Waals surface area contributed by atoms with Crippen molar-refractivity contribution in [2.45, 2.75) is 11.0 Å². The Hall–Kier alpha value is -1.10. The third-order valence-corrected chi connectivity index (χ3v) is 6.74. The standard InChI is InChI=1S/C17H26FN3O4S/c18-15-1-3-17(4-2-15)26(23,24)21-7-5-19(6-8-21)13-16(22)14-20-9-11-25-12-10-20/h1-4,16,22H,5-14H2. The van der Waals surface area contributed by atoms with Gasteiger partial charge in [0.05, 0.1) is 24.2 Å². The highest BCUT2D eigenvalue weighted by Gasteiger charge is 2.29. The van der Waals surface area contributed by atoms with Crippen LogP contribution in [0.3, 0.4) is 0 Å². The van der Waals surface area contributed by atoms with E-state index in [1.165, 1.54) is 16.4 Å². The second kappa shape index (κ2) is 8.73. The maximum Gasteiger partial charge on any atom is 0.243 e. The first-order chi connectivity index (χ1) is 12.4. The molecule has 1 atom stereocenters. The zero-order chi connectivity index (χ0) is 18.6. The lowest BCUT2D eigenvalue weighted by Gasteiger charge is -2.36. The first kappa shape index (κ1) is 19.7. The third-order valence-electron chi connectivity index (χ3n) is 4.82. The van der Waals surface area contributed by atoms with Crippen LogP contribution in [0.5, 0.6) is 0 Å². The van der Waals surface area contributed by atoms with Gasteiger partial charge in [-0.25, -0.2) is 12.8 Å². The van der Waals surface area contributed by atoms with Gasteiger partial charge in [-0.1, -0.05) is 0 Å². The van der Waals surface area contributed by atoms with Gasteiger partial charge in [-0.05, 0) is 24.3 Å². The van der Waals surface area contributed by atoms with Gasteiger partial charge in [0.25, 0.3) is 0 Å². The largest absolute Gasteiger partial charge is 0.390 e. The molecule has 3 rings (SSSR count). The number of benzene rings is 1. The number of rotatable bonds is 6. The van der Waals surface area contributed by atoms with Crippen LogP contribution in [0.2, 0.25) is 0 Å². The number of sulfonamides is 1. The van der Waals surface area contributed by atoms with E-state index in [1.807, 2.05) is 0 Å². The number of β-amino-alcohol motifs (C(OH)–C–C–N with tert-alkyl or cyclic N) is 1. The summed E-state index contributed by atoms with van der Waals surface area (Å²) in [6.45, 7) is 6.08. The molecule has 1 aromatic carbocycles. The fourth-order valence-corrected chi connectivity index (χ4v) is 4.77. The van der Waals surface area contributed by atoms with E-state index in [2.05, 4.69) is 9.80 Å². The maximum atomic E-state index is 13.0. The fourth-order valence-electron chi connectivity index (χ4n) is 3.35. The molecule has 146 valence electrons. The highest BCUT2D eigenvalue weighted by Crippen LogP contribution is 2.18. The van der Waals surface area contributed by atoms with E-state index in [4.69, 9.17) is 4.74 Å². The lowest BCUT2D eigenvalue weighted by molar-refractivity contribution is 0.00469. The number of halogens is 1. The van der Waals surface area contributed by atoms with Gasteiger partial charge in [0.2, 0.25) is 10.0 Å². The molecule has 0 aromatic heterocycles. The topological polar surface area (TPSA) is 73.3 Å². The molecule has 26 heavy (non-hydrogen) atoms. The normalized spacial score (nSPS) is 22.4. The zero-order valence-corrected chi connectivity index (χ0v) is 15.6. The van der Waals surface area contributed by atoms with Crippen molar-refractivity contribution in [2.24, 2.45) is 0 Å². The molecule has 0 spiro atoms. The SMILES string of the molecule is O=S(=O)(c1ccc(F)cc1)N1CCN(CC(O)CN2CCOCC2)CC1. The van der Waals surface area contributed by atoms with Gasteiger partial charge >= 0.3 is 0 Å². The average molecular weight is 387 g/mol. The summed E-state index contributed by atoms with van der Waals surface area (Å²) in [5, 5.41) is 10.3. The maximum absolute atomic E-state index is 13.0. The molecule has 1 N–H and O–H groups in total. The summed E-state index contributed by atoms with van der Waals surface area (Å²) in [5.41, 5.74) is 0. The van der Waals surface area contributed by atoms with Crippen LogP contribution in [0, 0.1) is 5.82 Å². The molecule has 1 aromatic rings. The number of nitrogens with zero attached hydrogens (tertiary/aromatic N) is 3. The molecule has 2 saturated heterocycles.